The Balaban J connectivity index is 2.03. The van der Waals surface area contributed by atoms with Crippen molar-refractivity contribution in [2.24, 2.45) is 0 Å². The van der Waals surface area contributed by atoms with Crippen LogP contribution in [0.15, 0.2) is 94.5 Å². The Bertz CT molecular complexity index is 1930. The Morgan fingerprint density at radius 1 is 0.333 bits per heavy atom. The van der Waals surface area contributed by atoms with Crippen molar-refractivity contribution in [2.45, 2.75) is 0 Å². The molecule has 0 aliphatic carbocycles. The molecular formula is C28H14O2. The Morgan fingerprint density at radius 3 is 1.50 bits per heavy atom. The minimum absolute atomic E-state index is 0.0421. The van der Waals surface area contributed by atoms with Gasteiger partial charge in [0, 0.05) is 37.7 Å². The molecular weight excluding hydrogens is 368 g/mol. The van der Waals surface area contributed by atoms with Gasteiger partial charge in [-0.15, -0.1) is 0 Å². The van der Waals surface area contributed by atoms with Crippen molar-refractivity contribution in [3.63, 3.8) is 0 Å². The Kier molecular flexibility index (Phi) is 2.80. The van der Waals surface area contributed by atoms with Crippen molar-refractivity contribution in [2.75, 3.05) is 0 Å². The molecule has 0 radical (unpaired) electrons. The molecule has 0 heterocycles. The molecule has 2 heteroatoms. The number of rotatable bonds is 0. The summed E-state index contributed by atoms with van der Waals surface area (Å²) in [6.45, 7) is 0. The average molecular weight is 382 g/mol. The van der Waals surface area contributed by atoms with Crippen LogP contribution in [0.25, 0.3) is 64.6 Å². The maximum absolute atomic E-state index is 13.7. The van der Waals surface area contributed by atoms with E-state index < -0.39 is 0 Å². The molecule has 0 aliphatic heterocycles. The summed E-state index contributed by atoms with van der Waals surface area (Å²) in [4.78, 5) is 27.2. The van der Waals surface area contributed by atoms with Crippen LogP contribution in [0.1, 0.15) is 0 Å². The van der Waals surface area contributed by atoms with Gasteiger partial charge in [-0.1, -0.05) is 84.9 Å². The Morgan fingerprint density at radius 2 is 0.833 bits per heavy atom. The summed E-state index contributed by atoms with van der Waals surface area (Å²) in [5, 5.41) is 10.4. The summed E-state index contributed by atoms with van der Waals surface area (Å²) in [5.41, 5.74) is 0.0853. The summed E-state index contributed by atoms with van der Waals surface area (Å²) in [7, 11) is 0. The maximum Gasteiger partial charge on any atom is 0.194 e. The fourth-order valence-corrected chi connectivity index (χ4v) is 5.33. The number of fused-ring (bicyclic) bond motifs is 12. The van der Waals surface area contributed by atoms with Crippen molar-refractivity contribution in [3.05, 3.63) is 105 Å². The SMILES string of the molecule is O=c1c2ccccc2c2c1c1ccc3ccccc3c1c1c(=O)c3ccccc3c12. The fraction of sp³-hybridized carbons (Fsp3) is 0. The normalized spacial score (nSPS) is 12.3. The summed E-state index contributed by atoms with van der Waals surface area (Å²) in [6.07, 6.45) is 0. The van der Waals surface area contributed by atoms with Crippen molar-refractivity contribution in [1.29, 1.82) is 0 Å². The highest BCUT2D eigenvalue weighted by molar-refractivity contribution is 6.41. The Labute approximate surface area is 170 Å². The van der Waals surface area contributed by atoms with E-state index in [4.69, 9.17) is 0 Å². The van der Waals surface area contributed by atoms with Crippen molar-refractivity contribution < 1.29 is 0 Å². The zero-order valence-corrected chi connectivity index (χ0v) is 15.9. The molecule has 0 fully saturated rings. The van der Waals surface area contributed by atoms with Gasteiger partial charge in [-0.3, -0.25) is 9.59 Å². The summed E-state index contributed by atoms with van der Waals surface area (Å²) >= 11 is 0. The van der Waals surface area contributed by atoms with Gasteiger partial charge in [-0.05, 0) is 26.9 Å². The van der Waals surface area contributed by atoms with Gasteiger partial charge >= 0.3 is 0 Å². The van der Waals surface area contributed by atoms with E-state index >= 15 is 0 Å². The van der Waals surface area contributed by atoms with E-state index in [0.717, 1.165) is 53.9 Å². The molecule has 0 aliphatic rings. The zero-order chi connectivity index (χ0) is 20.0. The molecule has 0 amide bonds. The van der Waals surface area contributed by atoms with Gasteiger partial charge in [0.05, 0.1) is 0 Å². The molecule has 0 atom stereocenters. The van der Waals surface area contributed by atoms with Crippen LogP contribution in [0.3, 0.4) is 0 Å². The lowest BCUT2D eigenvalue weighted by atomic mass is 9.93. The monoisotopic (exact) mass is 382 g/mol. The third kappa shape index (κ3) is 1.71. The maximum atomic E-state index is 13.7. The van der Waals surface area contributed by atoms with Gasteiger partial charge in [0.1, 0.15) is 0 Å². The van der Waals surface area contributed by atoms with Crippen molar-refractivity contribution >= 4 is 64.6 Å². The van der Waals surface area contributed by atoms with Gasteiger partial charge < -0.3 is 0 Å². The highest BCUT2D eigenvalue weighted by atomic mass is 16.1. The molecule has 138 valence electrons. The molecule has 7 aromatic rings. The second-order valence-electron chi connectivity index (χ2n) is 7.96. The molecule has 0 unspecified atom stereocenters. The van der Waals surface area contributed by atoms with E-state index in [1.807, 2.05) is 78.9 Å². The van der Waals surface area contributed by atoms with E-state index in [1.54, 1.807) is 0 Å². The minimum Gasteiger partial charge on any atom is -0.289 e. The molecule has 0 aromatic heterocycles. The largest absolute Gasteiger partial charge is 0.289 e. The smallest absolute Gasteiger partial charge is 0.194 e. The predicted molar refractivity (Wildman–Crippen MR) is 126 cm³/mol. The van der Waals surface area contributed by atoms with Gasteiger partial charge in [0.2, 0.25) is 0 Å². The third-order valence-electron chi connectivity index (χ3n) is 6.53. The van der Waals surface area contributed by atoms with Crippen LogP contribution >= 0.6 is 0 Å². The van der Waals surface area contributed by atoms with Crippen LogP contribution in [0.5, 0.6) is 0 Å². The topological polar surface area (TPSA) is 34.1 Å². The molecule has 0 saturated carbocycles. The Hall–Kier alpha value is -4.04. The number of benzene rings is 5. The number of hydrogen-bond donors (Lipinski definition) is 0. The zero-order valence-electron chi connectivity index (χ0n) is 15.9. The van der Waals surface area contributed by atoms with Crippen LogP contribution in [0, 0.1) is 0 Å². The summed E-state index contributed by atoms with van der Waals surface area (Å²) < 4.78 is 0. The predicted octanol–water partition coefficient (Wildman–Crippen LogP) is 6.20. The molecule has 7 aromatic carbocycles. The van der Waals surface area contributed by atoms with Crippen LogP contribution in [0.2, 0.25) is 0 Å². The summed E-state index contributed by atoms with van der Waals surface area (Å²) in [6, 6.07) is 27.7. The van der Waals surface area contributed by atoms with Gasteiger partial charge in [-0.25, -0.2) is 0 Å². The number of hydrogen-bond acceptors (Lipinski definition) is 2. The first kappa shape index (κ1) is 15.8. The first-order chi connectivity index (χ1) is 14.8. The lowest BCUT2D eigenvalue weighted by Gasteiger charge is -2.08. The molecule has 7 rings (SSSR count). The molecule has 30 heavy (non-hydrogen) atoms. The van der Waals surface area contributed by atoms with E-state index in [0.29, 0.717) is 10.8 Å². The van der Waals surface area contributed by atoms with Crippen molar-refractivity contribution in [3.8, 4) is 0 Å². The molecule has 2 nitrogen and oxygen atoms in total. The highest BCUT2D eigenvalue weighted by Gasteiger charge is 2.23. The van der Waals surface area contributed by atoms with E-state index in [9.17, 15) is 9.59 Å². The standard InChI is InChI=1S/C28H14O2/c29-27-19-11-5-3-9-17(19)23-24-18-10-4-6-12-20(18)28(30)26(24)22-16-8-2-1-7-15(16)13-14-21(22)25(23)27/h1-14H. The summed E-state index contributed by atoms with van der Waals surface area (Å²) in [5.74, 6) is 0. The van der Waals surface area contributed by atoms with Crippen LogP contribution < -0.4 is 10.9 Å². The van der Waals surface area contributed by atoms with Crippen LogP contribution in [0.4, 0.5) is 0 Å². The first-order valence-corrected chi connectivity index (χ1v) is 10.1. The van der Waals surface area contributed by atoms with E-state index in [2.05, 4.69) is 6.07 Å². The highest BCUT2D eigenvalue weighted by Crippen LogP contribution is 2.43. The van der Waals surface area contributed by atoms with E-state index in [1.165, 1.54) is 0 Å². The molecule has 0 bridgehead atoms. The van der Waals surface area contributed by atoms with Gasteiger partial charge in [0.15, 0.2) is 10.9 Å². The first-order valence-electron chi connectivity index (χ1n) is 10.1. The lowest BCUT2D eigenvalue weighted by molar-refractivity contribution is 1.79. The third-order valence-corrected chi connectivity index (χ3v) is 6.53. The molecule has 0 spiro atoms. The van der Waals surface area contributed by atoms with Crippen molar-refractivity contribution in [1.82, 2.24) is 0 Å². The molecule has 0 saturated heterocycles. The average Bonchev–Trinajstić information content (AvgIpc) is 3.26. The van der Waals surface area contributed by atoms with Crippen LogP contribution in [-0.2, 0) is 0 Å². The van der Waals surface area contributed by atoms with Crippen LogP contribution in [-0.4, -0.2) is 0 Å². The second kappa shape index (κ2) is 5.31. The molecule has 0 N–H and O–H groups in total. The second-order valence-corrected chi connectivity index (χ2v) is 7.96. The quantitative estimate of drug-likeness (QED) is 0.293. The van der Waals surface area contributed by atoms with Gasteiger partial charge in [0.25, 0.3) is 0 Å². The van der Waals surface area contributed by atoms with Gasteiger partial charge in [-0.2, -0.15) is 0 Å². The lowest BCUT2D eigenvalue weighted by Crippen LogP contribution is -1.98. The fourth-order valence-electron chi connectivity index (χ4n) is 5.33. The minimum atomic E-state index is 0.0421. The van der Waals surface area contributed by atoms with E-state index in [-0.39, 0.29) is 10.9 Å².